The second-order valence-electron chi connectivity index (χ2n) is 8.71. The first-order chi connectivity index (χ1) is 13.2. The smallest absolute Gasteiger partial charge is 0.267 e. The van der Waals surface area contributed by atoms with Crippen LogP contribution in [0.25, 0.3) is 11.7 Å². The number of carbonyl (C=O) groups is 1. The summed E-state index contributed by atoms with van der Waals surface area (Å²) in [7, 11) is 0. The topological polar surface area (TPSA) is 69.9 Å². The van der Waals surface area contributed by atoms with Crippen molar-refractivity contribution in [2.45, 2.75) is 59.9 Å². The maximum atomic E-state index is 11.2. The number of nitrogens with zero attached hydrogens (tertiary/aromatic N) is 3. The summed E-state index contributed by atoms with van der Waals surface area (Å²) in [6.07, 6.45) is 6.15. The summed E-state index contributed by atoms with van der Waals surface area (Å²) in [5.74, 6) is 0.131. The number of rotatable bonds is 8. The number of imidazole rings is 1. The van der Waals surface area contributed by atoms with E-state index in [0.717, 1.165) is 36.5 Å². The Morgan fingerprint density at radius 3 is 2.68 bits per heavy atom. The summed E-state index contributed by atoms with van der Waals surface area (Å²) in [6.45, 7) is 16.2. The van der Waals surface area contributed by atoms with Crippen LogP contribution >= 0.6 is 0 Å². The van der Waals surface area contributed by atoms with E-state index >= 15 is 0 Å². The molecule has 2 heterocycles. The van der Waals surface area contributed by atoms with Gasteiger partial charge in [0.15, 0.2) is 0 Å². The van der Waals surface area contributed by atoms with Gasteiger partial charge in [-0.25, -0.2) is 10.5 Å². The van der Waals surface area contributed by atoms with E-state index in [1.165, 1.54) is 18.2 Å². The number of nitrogens with one attached hydrogen (secondary N) is 1. The van der Waals surface area contributed by atoms with Crippen LogP contribution in [0, 0.1) is 5.92 Å². The monoisotopic (exact) mass is 386 g/mol. The second kappa shape index (κ2) is 9.34. The number of hydroxylamine groups is 1. The lowest BCUT2D eigenvalue weighted by molar-refractivity contribution is -0.124. The lowest BCUT2D eigenvalue weighted by atomic mass is 9.90. The van der Waals surface area contributed by atoms with Crippen molar-refractivity contribution < 1.29 is 10.0 Å². The van der Waals surface area contributed by atoms with Crippen LogP contribution in [-0.2, 0) is 16.8 Å². The van der Waals surface area contributed by atoms with E-state index in [1.54, 1.807) is 11.6 Å². The molecule has 0 aromatic carbocycles. The number of hydrogen-bond acceptors (Lipinski definition) is 4. The Hall–Kier alpha value is -2.18. The predicted molar refractivity (Wildman–Crippen MR) is 113 cm³/mol. The second-order valence-corrected chi connectivity index (χ2v) is 8.71. The van der Waals surface area contributed by atoms with Crippen molar-refractivity contribution in [2.24, 2.45) is 5.92 Å². The molecule has 2 aromatic heterocycles. The largest absolute Gasteiger partial charge is 0.302 e. The fourth-order valence-electron chi connectivity index (χ4n) is 3.18. The van der Waals surface area contributed by atoms with Crippen molar-refractivity contribution in [2.75, 3.05) is 13.1 Å². The minimum Gasteiger partial charge on any atom is -0.302 e. The lowest BCUT2D eigenvalue weighted by Gasteiger charge is -2.24. The molecule has 0 saturated heterocycles. The summed E-state index contributed by atoms with van der Waals surface area (Å²) >= 11 is 0. The summed E-state index contributed by atoms with van der Waals surface area (Å²) in [5.41, 5.74) is 5.59. The van der Waals surface area contributed by atoms with Gasteiger partial charge in [0.25, 0.3) is 5.91 Å². The molecule has 154 valence electrons. The zero-order chi connectivity index (χ0) is 20.9. The summed E-state index contributed by atoms with van der Waals surface area (Å²) in [5, 5.41) is 8.63. The van der Waals surface area contributed by atoms with E-state index in [9.17, 15) is 4.79 Å². The molecule has 0 saturated carbocycles. The highest BCUT2D eigenvalue weighted by atomic mass is 16.5. The number of carbonyl (C=O) groups excluding carboxylic acids is 1. The third kappa shape index (κ3) is 5.66. The Kier molecular flexibility index (Phi) is 7.38. The van der Waals surface area contributed by atoms with Gasteiger partial charge in [-0.3, -0.25) is 14.9 Å². The zero-order valence-corrected chi connectivity index (χ0v) is 18.0. The predicted octanol–water partition coefficient (Wildman–Crippen LogP) is 4.02. The highest BCUT2D eigenvalue weighted by molar-refractivity contribution is 5.90. The molecular formula is C22H34N4O2. The SMILES string of the molecule is CCN(CCC(C)C)Cc1c(C(C)(C)C)nc2cc(C=CC(=O)NO)ccn12. The molecule has 1 amide bonds. The van der Waals surface area contributed by atoms with Crippen LogP contribution in [0.2, 0.25) is 0 Å². The summed E-state index contributed by atoms with van der Waals surface area (Å²) in [4.78, 5) is 18.6. The average molecular weight is 387 g/mol. The van der Waals surface area contributed by atoms with E-state index in [0.29, 0.717) is 5.92 Å². The molecule has 2 aromatic rings. The third-order valence-corrected chi connectivity index (χ3v) is 4.84. The maximum Gasteiger partial charge on any atom is 0.267 e. The van der Waals surface area contributed by atoms with Gasteiger partial charge in [0.1, 0.15) is 5.65 Å². The Labute approximate surface area is 168 Å². The van der Waals surface area contributed by atoms with Crippen LogP contribution in [0.15, 0.2) is 24.4 Å². The number of fused-ring (bicyclic) bond motifs is 1. The molecule has 6 heteroatoms. The minimum atomic E-state index is -0.553. The van der Waals surface area contributed by atoms with Crippen molar-refractivity contribution in [3.05, 3.63) is 41.4 Å². The number of pyridine rings is 1. The molecule has 0 spiro atoms. The molecule has 0 aliphatic heterocycles. The van der Waals surface area contributed by atoms with Crippen molar-refractivity contribution in [1.29, 1.82) is 0 Å². The van der Waals surface area contributed by atoms with Gasteiger partial charge in [0.05, 0.1) is 11.4 Å². The standard InChI is InChI=1S/C22H34N4O2/c1-7-25(12-10-16(2)3)15-18-21(22(4,5)6)23-19-14-17(11-13-26(18)19)8-9-20(27)24-28/h8-9,11,13-14,16,28H,7,10,12,15H2,1-6H3,(H,24,27). The van der Waals surface area contributed by atoms with Crippen LogP contribution in [-0.4, -0.2) is 38.5 Å². The Morgan fingerprint density at radius 2 is 2.11 bits per heavy atom. The van der Waals surface area contributed by atoms with Crippen molar-refractivity contribution in [3.63, 3.8) is 0 Å². The van der Waals surface area contributed by atoms with Crippen LogP contribution in [0.5, 0.6) is 0 Å². The van der Waals surface area contributed by atoms with Crippen LogP contribution < -0.4 is 5.48 Å². The summed E-state index contributed by atoms with van der Waals surface area (Å²) < 4.78 is 2.15. The molecule has 0 unspecified atom stereocenters. The van der Waals surface area contributed by atoms with E-state index in [-0.39, 0.29) is 5.41 Å². The van der Waals surface area contributed by atoms with Crippen LogP contribution in [0.1, 0.15) is 64.9 Å². The maximum absolute atomic E-state index is 11.2. The van der Waals surface area contributed by atoms with E-state index < -0.39 is 5.91 Å². The first-order valence-electron chi connectivity index (χ1n) is 10.0. The first-order valence-corrected chi connectivity index (χ1v) is 10.0. The van der Waals surface area contributed by atoms with Gasteiger partial charge >= 0.3 is 0 Å². The fourth-order valence-corrected chi connectivity index (χ4v) is 3.18. The Morgan fingerprint density at radius 1 is 1.39 bits per heavy atom. The van der Waals surface area contributed by atoms with E-state index in [2.05, 4.69) is 50.8 Å². The highest BCUT2D eigenvalue weighted by Gasteiger charge is 2.25. The molecule has 2 rings (SSSR count). The fraction of sp³-hybridized carbons (Fsp3) is 0.545. The molecule has 0 fully saturated rings. The van der Waals surface area contributed by atoms with Gasteiger partial charge in [-0.1, -0.05) is 41.5 Å². The molecule has 0 aliphatic carbocycles. The normalized spacial score (nSPS) is 12.6. The number of hydrogen-bond donors (Lipinski definition) is 2. The Balaban J connectivity index is 2.42. The van der Waals surface area contributed by atoms with Crippen LogP contribution in [0.3, 0.4) is 0 Å². The van der Waals surface area contributed by atoms with Crippen LogP contribution in [0.4, 0.5) is 0 Å². The molecule has 0 bridgehead atoms. The third-order valence-electron chi connectivity index (χ3n) is 4.84. The summed E-state index contributed by atoms with van der Waals surface area (Å²) in [6, 6.07) is 3.92. The molecule has 6 nitrogen and oxygen atoms in total. The zero-order valence-electron chi connectivity index (χ0n) is 18.0. The van der Waals surface area contributed by atoms with Gasteiger partial charge in [-0.15, -0.1) is 0 Å². The quantitative estimate of drug-likeness (QED) is 0.408. The van der Waals surface area contributed by atoms with Crippen molar-refractivity contribution >= 4 is 17.6 Å². The molecule has 0 atom stereocenters. The van der Waals surface area contributed by atoms with Gasteiger partial charge in [0.2, 0.25) is 0 Å². The highest BCUT2D eigenvalue weighted by Crippen LogP contribution is 2.28. The average Bonchev–Trinajstić information content (AvgIpc) is 3.00. The molecule has 0 aliphatic rings. The number of amides is 1. The minimum absolute atomic E-state index is 0.0639. The Bertz CT molecular complexity index is 831. The molecule has 2 N–H and O–H groups in total. The van der Waals surface area contributed by atoms with Gasteiger partial charge < -0.3 is 4.40 Å². The van der Waals surface area contributed by atoms with Crippen molar-refractivity contribution in [3.8, 4) is 0 Å². The van der Waals surface area contributed by atoms with Gasteiger partial charge in [0, 0.05) is 24.2 Å². The molecule has 28 heavy (non-hydrogen) atoms. The lowest BCUT2D eigenvalue weighted by Crippen LogP contribution is -2.27. The van der Waals surface area contributed by atoms with Gasteiger partial charge in [-0.05, 0) is 49.2 Å². The number of aromatic nitrogens is 2. The van der Waals surface area contributed by atoms with Crippen molar-refractivity contribution in [1.82, 2.24) is 19.8 Å². The first kappa shape index (κ1) is 22.1. The van der Waals surface area contributed by atoms with Gasteiger partial charge in [-0.2, -0.15) is 0 Å². The molecular weight excluding hydrogens is 352 g/mol. The van der Waals surface area contributed by atoms with E-state index in [4.69, 9.17) is 10.2 Å². The van der Waals surface area contributed by atoms with E-state index in [1.807, 2.05) is 18.3 Å². The molecule has 0 radical (unpaired) electrons.